The molecule has 1 aromatic heterocycles. The fourth-order valence-corrected chi connectivity index (χ4v) is 7.59. The number of rotatable bonds is 5. The summed E-state index contributed by atoms with van der Waals surface area (Å²) in [6, 6.07) is 3.63. The first-order valence-electron chi connectivity index (χ1n) is 11.5. The lowest BCUT2D eigenvalue weighted by Gasteiger charge is -2.35. The van der Waals surface area contributed by atoms with Crippen molar-refractivity contribution >= 4 is 28.6 Å². The Labute approximate surface area is 183 Å². The predicted molar refractivity (Wildman–Crippen MR) is 119 cm³/mol. The van der Waals surface area contributed by atoms with Gasteiger partial charge in [-0.05, 0) is 87.7 Å². The molecule has 2 saturated carbocycles. The van der Waals surface area contributed by atoms with Gasteiger partial charge in [0.25, 0.3) is 11.8 Å². The van der Waals surface area contributed by atoms with Gasteiger partial charge in [0.2, 0.25) is 0 Å². The topological polar surface area (TPSA) is 62.6 Å². The molecule has 160 valence electrons. The second-order valence-electron chi connectivity index (χ2n) is 9.96. The molecule has 1 saturated heterocycles. The molecule has 3 fully saturated rings. The summed E-state index contributed by atoms with van der Waals surface area (Å²) in [5.74, 6) is 3.18. The van der Waals surface area contributed by atoms with E-state index in [0.29, 0.717) is 11.5 Å². The highest BCUT2D eigenvalue weighted by atomic mass is 32.2. The van der Waals surface area contributed by atoms with Crippen LogP contribution in [0.15, 0.2) is 29.5 Å². The third-order valence-electron chi connectivity index (χ3n) is 7.83. The Kier molecular flexibility index (Phi) is 5.46. The maximum absolute atomic E-state index is 12.8. The van der Waals surface area contributed by atoms with Crippen LogP contribution in [0.3, 0.4) is 0 Å². The van der Waals surface area contributed by atoms with Crippen molar-refractivity contribution in [1.82, 2.24) is 9.88 Å². The van der Waals surface area contributed by atoms with Crippen molar-refractivity contribution in [2.24, 2.45) is 28.7 Å². The lowest BCUT2D eigenvalue weighted by atomic mass is 9.86. The molecule has 30 heavy (non-hydrogen) atoms. The molecule has 0 N–H and O–H groups in total. The number of piperidine rings is 1. The molecule has 6 heteroatoms. The van der Waals surface area contributed by atoms with Crippen molar-refractivity contribution in [1.29, 1.82) is 0 Å². The van der Waals surface area contributed by atoms with E-state index in [1.54, 1.807) is 30.2 Å². The second kappa shape index (κ2) is 8.10. The normalized spacial score (nSPS) is 33.9. The van der Waals surface area contributed by atoms with E-state index in [9.17, 15) is 9.59 Å². The van der Waals surface area contributed by atoms with E-state index < -0.39 is 4.75 Å². The first kappa shape index (κ1) is 20.2. The van der Waals surface area contributed by atoms with Gasteiger partial charge in [-0.15, -0.1) is 0 Å². The van der Waals surface area contributed by atoms with Crippen LogP contribution in [0, 0.1) is 23.7 Å². The molecule has 2 amide bonds. The number of aliphatic imine (C=N–C) groups is 1. The van der Waals surface area contributed by atoms with E-state index in [-0.39, 0.29) is 11.8 Å². The summed E-state index contributed by atoms with van der Waals surface area (Å²) in [7, 11) is 0. The highest BCUT2D eigenvalue weighted by Crippen LogP contribution is 2.51. The van der Waals surface area contributed by atoms with E-state index in [4.69, 9.17) is 0 Å². The van der Waals surface area contributed by atoms with Crippen LogP contribution in [0.1, 0.15) is 68.6 Å². The third kappa shape index (κ3) is 3.95. The molecule has 2 aliphatic heterocycles. The number of fused-ring (bicyclic) bond motifs is 2. The summed E-state index contributed by atoms with van der Waals surface area (Å²) in [4.78, 5) is 35.9. The molecular weight excluding hydrogens is 394 g/mol. The number of likely N-dealkylation sites (tertiary alicyclic amines) is 1. The minimum atomic E-state index is -0.410. The lowest BCUT2D eigenvalue weighted by Crippen LogP contribution is -2.40. The Balaban J connectivity index is 1.13. The smallest absolute Gasteiger partial charge is 0.262 e. The van der Waals surface area contributed by atoms with Gasteiger partial charge in [0.1, 0.15) is 4.75 Å². The van der Waals surface area contributed by atoms with Gasteiger partial charge in [-0.3, -0.25) is 14.6 Å². The van der Waals surface area contributed by atoms with Crippen LogP contribution in [-0.2, 0) is 4.79 Å². The summed E-state index contributed by atoms with van der Waals surface area (Å²) < 4.78 is -0.410. The van der Waals surface area contributed by atoms with Gasteiger partial charge in [0.15, 0.2) is 0 Å². The molecule has 1 unspecified atom stereocenters. The molecule has 4 atom stereocenters. The highest BCUT2D eigenvalue weighted by Gasteiger charge is 2.45. The molecule has 0 radical (unpaired) electrons. The largest absolute Gasteiger partial charge is 0.339 e. The standard InChI is InChI=1S/C24H31N3O2S/c1-24(23(29)26-21(30-24)13-20-12-17-4-5-18(20)11-17)14-16-6-9-27(10-7-16)22(28)19-3-2-8-25-15-19/h2-3,8,15-18,20H,4-7,9-14H2,1H3/t17-,18+,20-,24?/m1/s1. The number of nitrogens with zero attached hydrogens (tertiary/aromatic N) is 3. The molecule has 5 nitrogen and oxygen atoms in total. The fourth-order valence-electron chi connectivity index (χ4n) is 6.19. The van der Waals surface area contributed by atoms with Crippen LogP contribution < -0.4 is 0 Å². The first-order chi connectivity index (χ1) is 14.5. The van der Waals surface area contributed by atoms with Crippen molar-refractivity contribution in [2.45, 2.75) is 63.0 Å². The maximum atomic E-state index is 12.8. The molecule has 2 bridgehead atoms. The predicted octanol–water partition coefficient (Wildman–Crippen LogP) is 4.58. The van der Waals surface area contributed by atoms with Gasteiger partial charge in [0.05, 0.1) is 10.6 Å². The fraction of sp³-hybridized carbons (Fsp3) is 0.667. The number of pyridine rings is 1. The minimum absolute atomic E-state index is 0.0653. The van der Waals surface area contributed by atoms with E-state index >= 15 is 0 Å². The number of hydrogen-bond donors (Lipinski definition) is 0. The van der Waals surface area contributed by atoms with Crippen molar-refractivity contribution < 1.29 is 9.59 Å². The van der Waals surface area contributed by atoms with Crippen LogP contribution >= 0.6 is 11.8 Å². The Morgan fingerprint density at radius 2 is 2.07 bits per heavy atom. The second-order valence-corrected chi connectivity index (χ2v) is 11.5. The van der Waals surface area contributed by atoms with E-state index in [0.717, 1.165) is 61.6 Å². The zero-order valence-corrected chi connectivity index (χ0v) is 18.6. The molecule has 0 spiro atoms. The van der Waals surface area contributed by atoms with Crippen molar-refractivity contribution in [2.75, 3.05) is 13.1 Å². The van der Waals surface area contributed by atoms with Gasteiger partial charge in [-0.1, -0.05) is 18.2 Å². The Morgan fingerprint density at radius 1 is 1.23 bits per heavy atom. The summed E-state index contributed by atoms with van der Waals surface area (Å²) in [6.45, 7) is 3.60. The van der Waals surface area contributed by atoms with Gasteiger partial charge in [-0.25, -0.2) is 4.99 Å². The molecule has 3 heterocycles. The zero-order chi connectivity index (χ0) is 20.7. The molecule has 2 aliphatic carbocycles. The third-order valence-corrected chi connectivity index (χ3v) is 9.12. The summed E-state index contributed by atoms with van der Waals surface area (Å²) in [5, 5.41) is 1.09. The molecule has 1 aromatic rings. The quantitative estimate of drug-likeness (QED) is 0.693. The first-order valence-corrected chi connectivity index (χ1v) is 12.3. The monoisotopic (exact) mass is 425 g/mol. The van der Waals surface area contributed by atoms with Crippen LogP contribution in [0.5, 0.6) is 0 Å². The lowest BCUT2D eigenvalue weighted by molar-refractivity contribution is -0.119. The van der Waals surface area contributed by atoms with E-state index in [2.05, 4.69) is 16.9 Å². The zero-order valence-electron chi connectivity index (χ0n) is 17.8. The summed E-state index contributed by atoms with van der Waals surface area (Å²) in [6.07, 6.45) is 12.7. The average Bonchev–Trinajstić information content (AvgIpc) is 3.44. The molecule has 5 rings (SSSR count). The van der Waals surface area contributed by atoms with E-state index in [1.165, 1.54) is 25.7 Å². The van der Waals surface area contributed by atoms with Crippen LogP contribution in [0.25, 0.3) is 0 Å². The number of carbonyl (C=O) groups is 2. The van der Waals surface area contributed by atoms with Gasteiger partial charge in [0, 0.05) is 25.5 Å². The average molecular weight is 426 g/mol. The van der Waals surface area contributed by atoms with Gasteiger partial charge < -0.3 is 4.90 Å². The summed E-state index contributed by atoms with van der Waals surface area (Å²) in [5.41, 5.74) is 0.656. The number of carbonyl (C=O) groups excluding carboxylic acids is 2. The van der Waals surface area contributed by atoms with Crippen molar-refractivity contribution in [3.8, 4) is 0 Å². The van der Waals surface area contributed by atoms with Crippen molar-refractivity contribution in [3.05, 3.63) is 30.1 Å². The Hall–Kier alpha value is -1.69. The Morgan fingerprint density at radius 3 is 2.73 bits per heavy atom. The number of hydrogen-bond acceptors (Lipinski definition) is 4. The van der Waals surface area contributed by atoms with Crippen LogP contribution in [0.4, 0.5) is 0 Å². The van der Waals surface area contributed by atoms with Crippen LogP contribution in [0.2, 0.25) is 0 Å². The van der Waals surface area contributed by atoms with E-state index in [1.807, 2.05) is 11.0 Å². The SMILES string of the molecule is CC1(CC2CCN(C(=O)c3cccnc3)CC2)SC(C[C@H]2C[C@@H]3CC[C@H]2C3)=NC1=O. The molecule has 0 aromatic carbocycles. The number of aromatic nitrogens is 1. The van der Waals surface area contributed by atoms with Crippen LogP contribution in [-0.4, -0.2) is 44.6 Å². The number of amides is 2. The Bertz CT molecular complexity index is 849. The van der Waals surface area contributed by atoms with Gasteiger partial charge in [-0.2, -0.15) is 0 Å². The van der Waals surface area contributed by atoms with Crippen molar-refractivity contribution in [3.63, 3.8) is 0 Å². The molecular formula is C24H31N3O2S. The highest BCUT2D eigenvalue weighted by molar-refractivity contribution is 8.16. The maximum Gasteiger partial charge on any atom is 0.262 e. The minimum Gasteiger partial charge on any atom is -0.339 e. The molecule has 4 aliphatic rings. The summed E-state index contributed by atoms with van der Waals surface area (Å²) >= 11 is 1.74. The number of thioether (sulfide) groups is 1. The van der Waals surface area contributed by atoms with Gasteiger partial charge >= 0.3 is 0 Å².